The number of aromatic nitrogens is 2. The van der Waals surface area contributed by atoms with E-state index in [1.54, 1.807) is 0 Å². The Morgan fingerprint density at radius 3 is 2.60 bits per heavy atom. The SMILES string of the molecule is c1c[se]c(-c2ccc(N3CCN4CCC3CC4)nn2)c1. The van der Waals surface area contributed by atoms with Crippen LogP contribution in [0, 0.1) is 0 Å². The molecule has 104 valence electrons. The van der Waals surface area contributed by atoms with E-state index in [-0.39, 0.29) is 0 Å². The molecule has 2 aromatic heterocycles. The molecule has 0 atom stereocenters. The summed E-state index contributed by atoms with van der Waals surface area (Å²) in [5.74, 6) is 1.06. The van der Waals surface area contributed by atoms with Gasteiger partial charge in [0.15, 0.2) is 0 Å². The Labute approximate surface area is 125 Å². The molecule has 20 heavy (non-hydrogen) atoms. The zero-order chi connectivity index (χ0) is 13.4. The first kappa shape index (κ1) is 12.6. The molecular formula is C15H18N4Se. The second-order valence-corrected chi connectivity index (χ2v) is 7.51. The summed E-state index contributed by atoms with van der Waals surface area (Å²) in [5, 5.41) is 8.96. The van der Waals surface area contributed by atoms with Gasteiger partial charge in [-0.2, -0.15) is 0 Å². The topological polar surface area (TPSA) is 32.3 Å². The number of nitrogens with zero attached hydrogens (tertiary/aromatic N) is 4. The van der Waals surface area contributed by atoms with E-state index in [4.69, 9.17) is 0 Å². The number of fused-ring (bicyclic) bond motifs is 4. The van der Waals surface area contributed by atoms with Gasteiger partial charge in [-0.25, -0.2) is 0 Å². The fourth-order valence-electron chi connectivity index (χ4n) is 3.22. The van der Waals surface area contributed by atoms with E-state index in [0.717, 1.165) is 24.6 Å². The summed E-state index contributed by atoms with van der Waals surface area (Å²) in [6, 6.07) is 9.23. The van der Waals surface area contributed by atoms with Crippen LogP contribution in [0.2, 0.25) is 0 Å². The molecule has 0 aromatic carbocycles. The minimum atomic E-state index is 0.435. The zero-order valence-electron chi connectivity index (χ0n) is 11.4. The Balaban J connectivity index is 1.59. The molecule has 2 aromatic rings. The van der Waals surface area contributed by atoms with Crippen molar-refractivity contribution in [1.82, 2.24) is 15.1 Å². The van der Waals surface area contributed by atoms with Crippen molar-refractivity contribution in [3.63, 3.8) is 0 Å². The molecule has 0 spiro atoms. The van der Waals surface area contributed by atoms with Crippen LogP contribution >= 0.6 is 0 Å². The van der Waals surface area contributed by atoms with E-state index in [0.29, 0.717) is 20.5 Å². The Bertz CT molecular complexity index is 558. The van der Waals surface area contributed by atoms with Gasteiger partial charge in [-0.3, -0.25) is 0 Å². The number of hydrogen-bond acceptors (Lipinski definition) is 4. The molecule has 5 heteroatoms. The van der Waals surface area contributed by atoms with Gasteiger partial charge in [0.25, 0.3) is 0 Å². The standard InChI is InChI=1S/C15H18N4Se/c1-2-14(20-11-1)13-3-4-15(17-16-13)19-10-9-18-7-5-12(19)6-8-18/h1-4,11-12H,5-10H2. The van der Waals surface area contributed by atoms with Crippen LogP contribution < -0.4 is 4.90 Å². The quantitative estimate of drug-likeness (QED) is 0.780. The van der Waals surface area contributed by atoms with Crippen LogP contribution in [0.1, 0.15) is 12.8 Å². The molecule has 0 amide bonds. The molecular weight excluding hydrogens is 315 g/mol. The molecule has 3 aliphatic rings. The van der Waals surface area contributed by atoms with E-state index < -0.39 is 0 Å². The monoisotopic (exact) mass is 334 g/mol. The molecule has 4 nitrogen and oxygen atoms in total. The Hall–Kier alpha value is -1.16. The molecule has 0 unspecified atom stereocenters. The molecule has 0 aliphatic carbocycles. The normalized spacial score (nSPS) is 25.7. The molecule has 3 saturated heterocycles. The van der Waals surface area contributed by atoms with E-state index in [1.165, 1.54) is 30.4 Å². The molecule has 3 fully saturated rings. The molecule has 5 rings (SSSR count). The molecule has 0 radical (unpaired) electrons. The first-order valence-corrected chi connectivity index (χ1v) is 9.11. The van der Waals surface area contributed by atoms with Crippen molar-refractivity contribution < 1.29 is 0 Å². The van der Waals surface area contributed by atoms with Gasteiger partial charge in [0, 0.05) is 0 Å². The summed E-state index contributed by atoms with van der Waals surface area (Å²) in [5.41, 5.74) is 1.04. The summed E-state index contributed by atoms with van der Waals surface area (Å²) >= 11 is 0.435. The maximum atomic E-state index is 4.50. The van der Waals surface area contributed by atoms with Crippen LogP contribution in [0.25, 0.3) is 10.1 Å². The summed E-state index contributed by atoms with van der Waals surface area (Å²) in [7, 11) is 0. The van der Waals surface area contributed by atoms with Gasteiger partial charge >= 0.3 is 125 Å². The van der Waals surface area contributed by atoms with Crippen molar-refractivity contribution in [2.45, 2.75) is 18.9 Å². The average molecular weight is 333 g/mol. The van der Waals surface area contributed by atoms with E-state index in [2.05, 4.69) is 49.2 Å². The molecule has 0 N–H and O–H groups in total. The van der Waals surface area contributed by atoms with Crippen molar-refractivity contribution in [1.29, 1.82) is 0 Å². The fourth-order valence-corrected chi connectivity index (χ4v) is 4.67. The molecule has 2 bridgehead atoms. The average Bonchev–Trinajstić information content (AvgIpc) is 2.88. The Morgan fingerprint density at radius 2 is 1.90 bits per heavy atom. The van der Waals surface area contributed by atoms with Gasteiger partial charge in [0.1, 0.15) is 0 Å². The molecule has 5 heterocycles. The van der Waals surface area contributed by atoms with Gasteiger partial charge < -0.3 is 0 Å². The maximum absolute atomic E-state index is 4.50. The van der Waals surface area contributed by atoms with Crippen LogP contribution in [-0.4, -0.2) is 61.8 Å². The van der Waals surface area contributed by atoms with E-state index in [1.807, 2.05) is 0 Å². The van der Waals surface area contributed by atoms with Crippen molar-refractivity contribution >= 4 is 20.3 Å². The number of rotatable bonds is 2. The van der Waals surface area contributed by atoms with Crippen molar-refractivity contribution in [2.24, 2.45) is 0 Å². The Kier molecular flexibility index (Phi) is 3.34. The number of anilines is 1. The van der Waals surface area contributed by atoms with Crippen LogP contribution in [0.3, 0.4) is 0 Å². The van der Waals surface area contributed by atoms with Gasteiger partial charge in [-0.15, -0.1) is 0 Å². The summed E-state index contributed by atoms with van der Waals surface area (Å²) in [6.07, 6.45) is 2.53. The number of hydrogen-bond donors (Lipinski definition) is 0. The van der Waals surface area contributed by atoms with Gasteiger partial charge in [0.2, 0.25) is 0 Å². The van der Waals surface area contributed by atoms with E-state index >= 15 is 0 Å². The predicted octanol–water partition coefficient (Wildman–Crippen LogP) is 1.49. The molecule has 0 saturated carbocycles. The second-order valence-electron chi connectivity index (χ2n) is 5.52. The van der Waals surface area contributed by atoms with Crippen LogP contribution in [0.15, 0.2) is 29.2 Å². The van der Waals surface area contributed by atoms with E-state index in [9.17, 15) is 0 Å². The third-order valence-electron chi connectivity index (χ3n) is 4.37. The molecule has 3 aliphatic heterocycles. The number of piperidine rings is 1. The summed E-state index contributed by atoms with van der Waals surface area (Å²) < 4.78 is 1.33. The van der Waals surface area contributed by atoms with Crippen LogP contribution in [0.4, 0.5) is 5.82 Å². The predicted molar refractivity (Wildman–Crippen MR) is 81.2 cm³/mol. The summed E-state index contributed by atoms with van der Waals surface area (Å²) in [4.78, 5) is 7.26. The van der Waals surface area contributed by atoms with Crippen LogP contribution in [0.5, 0.6) is 0 Å². The summed E-state index contributed by atoms with van der Waals surface area (Å²) in [6.45, 7) is 4.74. The minimum absolute atomic E-state index is 0.435. The van der Waals surface area contributed by atoms with Crippen LogP contribution in [-0.2, 0) is 0 Å². The third-order valence-corrected chi connectivity index (χ3v) is 6.25. The first-order chi connectivity index (χ1) is 9.90. The van der Waals surface area contributed by atoms with Crippen molar-refractivity contribution in [3.05, 3.63) is 29.2 Å². The van der Waals surface area contributed by atoms with Crippen molar-refractivity contribution in [3.8, 4) is 10.1 Å². The van der Waals surface area contributed by atoms with Gasteiger partial charge in [-0.05, 0) is 0 Å². The second kappa shape index (κ2) is 5.32. The van der Waals surface area contributed by atoms with Crippen molar-refractivity contribution in [2.75, 3.05) is 31.1 Å². The Morgan fingerprint density at radius 1 is 1.00 bits per heavy atom. The fraction of sp³-hybridized carbons (Fsp3) is 0.467. The zero-order valence-corrected chi connectivity index (χ0v) is 13.1. The first-order valence-electron chi connectivity index (χ1n) is 7.27. The third kappa shape index (κ3) is 2.30. The van der Waals surface area contributed by atoms with Gasteiger partial charge in [-0.1, -0.05) is 0 Å². The van der Waals surface area contributed by atoms with Gasteiger partial charge in [0.05, 0.1) is 0 Å².